The lowest BCUT2D eigenvalue weighted by Crippen LogP contribution is -2.36. The Morgan fingerprint density at radius 3 is 2.50 bits per heavy atom. The molecular formula is C23H25ClN2O4. The molecule has 0 bridgehead atoms. The molecule has 1 saturated carbocycles. The predicted octanol–water partition coefficient (Wildman–Crippen LogP) is 3.98. The standard InChI is InChI=1S/C23H25ClN2O4/c1-29-18-8-5-15(6-9-18)22(14-3-4-14)25-23(28)16-11-21(27)26(13-16)19-12-17(24)7-10-20(19)30-2/h5-10,12,14,16,22H,3-4,11,13H2,1-2H3,(H,25,28). The molecule has 0 radical (unpaired) electrons. The Bertz CT molecular complexity index is 943. The first-order valence-corrected chi connectivity index (χ1v) is 10.5. The minimum Gasteiger partial charge on any atom is -0.497 e. The lowest BCUT2D eigenvalue weighted by molar-refractivity contribution is -0.127. The summed E-state index contributed by atoms with van der Waals surface area (Å²) in [5, 5.41) is 3.70. The fourth-order valence-electron chi connectivity index (χ4n) is 3.98. The van der Waals surface area contributed by atoms with E-state index in [0.717, 1.165) is 24.2 Å². The van der Waals surface area contributed by atoms with Gasteiger partial charge in [0.05, 0.1) is 31.9 Å². The van der Waals surface area contributed by atoms with E-state index in [1.54, 1.807) is 37.3 Å². The summed E-state index contributed by atoms with van der Waals surface area (Å²) in [5.41, 5.74) is 1.66. The average molecular weight is 429 g/mol. The number of ether oxygens (including phenoxy) is 2. The fraction of sp³-hybridized carbons (Fsp3) is 0.391. The Hall–Kier alpha value is -2.73. The first kappa shape index (κ1) is 20.5. The van der Waals surface area contributed by atoms with Crippen LogP contribution in [0.4, 0.5) is 5.69 Å². The minimum atomic E-state index is -0.416. The predicted molar refractivity (Wildman–Crippen MR) is 115 cm³/mol. The third-order valence-corrected chi connectivity index (χ3v) is 6.03. The molecule has 7 heteroatoms. The molecule has 2 fully saturated rings. The van der Waals surface area contributed by atoms with Crippen LogP contribution in [0.1, 0.15) is 30.9 Å². The number of methoxy groups -OCH3 is 2. The number of nitrogens with one attached hydrogen (secondary N) is 1. The van der Waals surface area contributed by atoms with Crippen molar-refractivity contribution in [1.82, 2.24) is 5.32 Å². The van der Waals surface area contributed by atoms with E-state index in [1.807, 2.05) is 24.3 Å². The van der Waals surface area contributed by atoms with Crippen LogP contribution in [0.3, 0.4) is 0 Å². The largest absolute Gasteiger partial charge is 0.497 e. The quantitative estimate of drug-likeness (QED) is 0.724. The molecule has 0 spiro atoms. The van der Waals surface area contributed by atoms with Crippen molar-refractivity contribution >= 4 is 29.1 Å². The molecule has 2 atom stereocenters. The van der Waals surface area contributed by atoms with Crippen molar-refractivity contribution in [2.75, 3.05) is 25.7 Å². The van der Waals surface area contributed by atoms with Gasteiger partial charge in [0.15, 0.2) is 0 Å². The van der Waals surface area contributed by atoms with Crippen LogP contribution in [0.25, 0.3) is 0 Å². The van der Waals surface area contributed by atoms with Crippen LogP contribution in [-0.2, 0) is 9.59 Å². The van der Waals surface area contributed by atoms with E-state index < -0.39 is 5.92 Å². The van der Waals surface area contributed by atoms with Crippen LogP contribution in [-0.4, -0.2) is 32.6 Å². The highest BCUT2D eigenvalue weighted by Gasteiger charge is 2.39. The third kappa shape index (κ3) is 4.24. The molecule has 4 rings (SSSR count). The summed E-state index contributed by atoms with van der Waals surface area (Å²) in [6.45, 7) is 0.307. The third-order valence-electron chi connectivity index (χ3n) is 5.79. The van der Waals surface area contributed by atoms with Crippen LogP contribution in [0.15, 0.2) is 42.5 Å². The van der Waals surface area contributed by atoms with Gasteiger partial charge in [0.2, 0.25) is 11.8 Å². The highest BCUT2D eigenvalue weighted by atomic mass is 35.5. The van der Waals surface area contributed by atoms with E-state index in [-0.39, 0.29) is 24.3 Å². The molecule has 2 amide bonds. The molecule has 1 aliphatic carbocycles. The number of rotatable bonds is 7. The number of benzene rings is 2. The Labute approximate surface area is 181 Å². The first-order valence-electron chi connectivity index (χ1n) is 10.1. The van der Waals surface area contributed by atoms with Gasteiger partial charge in [-0.05, 0) is 54.7 Å². The van der Waals surface area contributed by atoms with Gasteiger partial charge < -0.3 is 19.7 Å². The molecule has 1 heterocycles. The molecule has 158 valence electrons. The Kier molecular flexibility index (Phi) is 5.86. The average Bonchev–Trinajstić information content (AvgIpc) is 3.53. The molecule has 6 nitrogen and oxygen atoms in total. The van der Waals surface area contributed by atoms with E-state index >= 15 is 0 Å². The van der Waals surface area contributed by atoms with Crippen LogP contribution < -0.4 is 19.7 Å². The molecule has 1 saturated heterocycles. The van der Waals surface area contributed by atoms with Crippen molar-refractivity contribution in [2.24, 2.45) is 11.8 Å². The summed E-state index contributed by atoms with van der Waals surface area (Å²) < 4.78 is 10.6. The lowest BCUT2D eigenvalue weighted by Gasteiger charge is -2.22. The van der Waals surface area contributed by atoms with Crippen LogP contribution in [0, 0.1) is 11.8 Å². The summed E-state index contributed by atoms with van der Waals surface area (Å²) >= 11 is 6.12. The number of carbonyl (C=O) groups is 2. The number of anilines is 1. The summed E-state index contributed by atoms with van der Waals surface area (Å²) in [5.74, 6) is 1.15. The summed E-state index contributed by atoms with van der Waals surface area (Å²) in [7, 11) is 3.18. The SMILES string of the molecule is COc1ccc(C(NC(=O)C2CC(=O)N(c3cc(Cl)ccc3OC)C2)C2CC2)cc1. The van der Waals surface area contributed by atoms with E-state index in [2.05, 4.69) is 5.32 Å². The van der Waals surface area contributed by atoms with Crippen molar-refractivity contribution in [3.63, 3.8) is 0 Å². The van der Waals surface area contributed by atoms with Gasteiger partial charge in [0, 0.05) is 18.0 Å². The van der Waals surface area contributed by atoms with Gasteiger partial charge in [-0.2, -0.15) is 0 Å². The monoisotopic (exact) mass is 428 g/mol. The molecule has 2 unspecified atom stereocenters. The zero-order valence-corrected chi connectivity index (χ0v) is 17.8. The number of hydrogen-bond acceptors (Lipinski definition) is 4. The van der Waals surface area contributed by atoms with Crippen molar-refractivity contribution in [1.29, 1.82) is 0 Å². The maximum Gasteiger partial charge on any atom is 0.227 e. The highest BCUT2D eigenvalue weighted by molar-refractivity contribution is 6.31. The maximum absolute atomic E-state index is 13.1. The van der Waals surface area contributed by atoms with Gasteiger partial charge in [-0.25, -0.2) is 0 Å². The van der Waals surface area contributed by atoms with Crippen LogP contribution >= 0.6 is 11.6 Å². The number of hydrogen-bond donors (Lipinski definition) is 1. The zero-order valence-electron chi connectivity index (χ0n) is 17.1. The Morgan fingerprint density at radius 2 is 1.87 bits per heavy atom. The summed E-state index contributed by atoms with van der Waals surface area (Å²) in [6.07, 6.45) is 2.35. The molecule has 2 aromatic carbocycles. The topological polar surface area (TPSA) is 67.9 Å². The van der Waals surface area contributed by atoms with Gasteiger partial charge in [0.25, 0.3) is 0 Å². The number of carbonyl (C=O) groups excluding carboxylic acids is 2. The molecule has 30 heavy (non-hydrogen) atoms. The molecule has 1 N–H and O–H groups in total. The van der Waals surface area contributed by atoms with Crippen molar-refractivity contribution < 1.29 is 19.1 Å². The molecule has 2 aromatic rings. The van der Waals surface area contributed by atoms with Crippen molar-refractivity contribution in [2.45, 2.75) is 25.3 Å². The summed E-state index contributed by atoms with van der Waals surface area (Å²) in [6, 6.07) is 12.9. The molecule has 1 aliphatic heterocycles. The van der Waals surface area contributed by atoms with Gasteiger partial charge in [-0.15, -0.1) is 0 Å². The van der Waals surface area contributed by atoms with Gasteiger partial charge in [0.1, 0.15) is 11.5 Å². The molecule has 0 aromatic heterocycles. The van der Waals surface area contributed by atoms with Crippen LogP contribution in [0.5, 0.6) is 11.5 Å². The molecular weight excluding hydrogens is 404 g/mol. The van der Waals surface area contributed by atoms with E-state index in [1.165, 1.54) is 0 Å². The van der Waals surface area contributed by atoms with E-state index in [0.29, 0.717) is 28.9 Å². The van der Waals surface area contributed by atoms with Crippen molar-refractivity contribution in [3.8, 4) is 11.5 Å². The second-order valence-electron chi connectivity index (χ2n) is 7.82. The smallest absolute Gasteiger partial charge is 0.227 e. The molecule has 2 aliphatic rings. The van der Waals surface area contributed by atoms with Gasteiger partial charge in [-0.3, -0.25) is 9.59 Å². The highest BCUT2D eigenvalue weighted by Crippen LogP contribution is 2.42. The second-order valence-corrected chi connectivity index (χ2v) is 8.25. The Balaban J connectivity index is 1.48. The van der Waals surface area contributed by atoms with Crippen molar-refractivity contribution in [3.05, 3.63) is 53.1 Å². The number of halogens is 1. The zero-order chi connectivity index (χ0) is 21.3. The first-order chi connectivity index (χ1) is 14.5. The van der Waals surface area contributed by atoms with Crippen LogP contribution in [0.2, 0.25) is 5.02 Å². The minimum absolute atomic E-state index is 0.0479. The lowest BCUT2D eigenvalue weighted by atomic mass is 10.00. The number of nitrogens with zero attached hydrogens (tertiary/aromatic N) is 1. The van der Waals surface area contributed by atoms with Gasteiger partial charge in [-0.1, -0.05) is 23.7 Å². The van der Waals surface area contributed by atoms with E-state index in [4.69, 9.17) is 21.1 Å². The summed E-state index contributed by atoms with van der Waals surface area (Å²) in [4.78, 5) is 27.3. The van der Waals surface area contributed by atoms with E-state index in [9.17, 15) is 9.59 Å². The maximum atomic E-state index is 13.1. The Morgan fingerprint density at radius 1 is 1.13 bits per heavy atom. The number of amides is 2. The normalized spacial score (nSPS) is 19.5. The van der Waals surface area contributed by atoms with Gasteiger partial charge >= 0.3 is 0 Å². The second kappa shape index (κ2) is 8.56. The fourth-order valence-corrected chi connectivity index (χ4v) is 4.14.